The molecule has 2 aromatic rings. The number of piperazine rings is 2. The largest absolute Gasteiger partial charge is 0.369 e. The van der Waals surface area contributed by atoms with Crippen molar-refractivity contribution in [2.45, 2.75) is 38.1 Å². The second kappa shape index (κ2) is 12.0. The highest BCUT2D eigenvalue weighted by Crippen LogP contribution is 2.45. The highest BCUT2D eigenvalue weighted by atomic mass is 16.2. The van der Waals surface area contributed by atoms with Crippen LogP contribution in [0, 0.1) is 5.92 Å². The van der Waals surface area contributed by atoms with Crippen LogP contribution in [0.5, 0.6) is 0 Å². The molecule has 1 N–H and O–H groups in total. The van der Waals surface area contributed by atoms with Gasteiger partial charge in [0.2, 0.25) is 5.78 Å². The lowest BCUT2D eigenvalue weighted by Gasteiger charge is -2.51. The van der Waals surface area contributed by atoms with E-state index in [1.54, 1.807) is 0 Å². The van der Waals surface area contributed by atoms with Gasteiger partial charge in [-0.3, -0.25) is 19.4 Å². The topological polar surface area (TPSA) is 59.1 Å². The molecule has 3 fully saturated rings. The number of nitrogens with zero attached hydrogens (tertiary/aromatic N) is 4. The van der Waals surface area contributed by atoms with Gasteiger partial charge in [-0.2, -0.15) is 0 Å². The highest BCUT2D eigenvalue weighted by molar-refractivity contribution is 6.41. The van der Waals surface area contributed by atoms with Gasteiger partial charge in [-0.05, 0) is 68.5 Å². The lowest BCUT2D eigenvalue weighted by molar-refractivity contribution is -0.135. The van der Waals surface area contributed by atoms with Gasteiger partial charge in [0.05, 0.1) is 6.54 Å². The van der Waals surface area contributed by atoms with Crippen molar-refractivity contribution in [2.75, 3.05) is 76.2 Å². The lowest BCUT2D eigenvalue weighted by atomic mass is 9.71. The van der Waals surface area contributed by atoms with Crippen LogP contribution in [0.2, 0.25) is 0 Å². The van der Waals surface area contributed by atoms with Gasteiger partial charge < -0.3 is 15.1 Å². The molecule has 2 aromatic carbocycles. The van der Waals surface area contributed by atoms with E-state index in [-0.39, 0.29) is 17.9 Å². The summed E-state index contributed by atoms with van der Waals surface area (Å²) in [5.74, 6) is -0.133. The summed E-state index contributed by atoms with van der Waals surface area (Å²) in [7, 11) is 2.09. The molecule has 7 heteroatoms. The Labute approximate surface area is 227 Å². The van der Waals surface area contributed by atoms with Crippen LogP contribution in [0.3, 0.4) is 0 Å². The van der Waals surface area contributed by atoms with Crippen LogP contribution >= 0.6 is 0 Å². The molecule has 1 saturated carbocycles. The first-order valence-corrected chi connectivity index (χ1v) is 14.3. The standard InChI is InChI=1S/C31H43N5O2/c1-25-11-13-31(14-12-25,36-21-19-35(20-22-36)28-9-4-3-5-10-28)26-7-6-8-27(23-26)32-30(38)29(37)24-34-17-15-33(2)16-18-34/h3-10,23,25H,11-22,24H2,1-2H3,(H,32,38)/t25-,31-. The first-order valence-electron chi connectivity index (χ1n) is 14.3. The Morgan fingerprint density at radius 3 is 2.24 bits per heavy atom. The SMILES string of the molecule is CN1CCN(CC(=O)C(=O)Nc2cccc([C@]3(N4CCN(c5ccccc5)CC4)CC[C@H](C)CC3)c2)CC1. The number of hydrogen-bond acceptors (Lipinski definition) is 6. The zero-order chi connectivity index (χ0) is 26.5. The number of amides is 1. The molecule has 1 amide bonds. The molecule has 204 valence electrons. The van der Waals surface area contributed by atoms with E-state index in [4.69, 9.17) is 0 Å². The van der Waals surface area contributed by atoms with Gasteiger partial charge in [0.1, 0.15) is 0 Å². The number of likely N-dealkylation sites (N-methyl/N-ethyl adjacent to an activating group) is 1. The molecule has 0 unspecified atom stereocenters. The summed E-state index contributed by atoms with van der Waals surface area (Å²) in [6.07, 6.45) is 4.66. The average Bonchev–Trinajstić information content (AvgIpc) is 2.95. The normalized spacial score (nSPS) is 25.7. The molecule has 1 aliphatic carbocycles. The van der Waals surface area contributed by atoms with E-state index < -0.39 is 5.91 Å². The zero-order valence-electron chi connectivity index (χ0n) is 23.1. The molecule has 38 heavy (non-hydrogen) atoms. The molecule has 2 aliphatic heterocycles. The Morgan fingerprint density at radius 1 is 0.868 bits per heavy atom. The van der Waals surface area contributed by atoms with Gasteiger partial charge in [-0.15, -0.1) is 0 Å². The van der Waals surface area contributed by atoms with Crippen molar-refractivity contribution >= 4 is 23.1 Å². The Kier molecular flexibility index (Phi) is 8.46. The summed E-state index contributed by atoms with van der Waals surface area (Å²) >= 11 is 0. The van der Waals surface area contributed by atoms with Crippen LogP contribution < -0.4 is 10.2 Å². The summed E-state index contributed by atoms with van der Waals surface area (Å²) in [6, 6.07) is 19.0. The zero-order valence-corrected chi connectivity index (χ0v) is 23.1. The van der Waals surface area contributed by atoms with Gasteiger partial charge >= 0.3 is 0 Å². The fraction of sp³-hybridized carbons (Fsp3) is 0.548. The third-order valence-corrected chi connectivity index (χ3v) is 8.98. The van der Waals surface area contributed by atoms with Crippen molar-refractivity contribution in [2.24, 2.45) is 5.92 Å². The maximum absolute atomic E-state index is 12.8. The van der Waals surface area contributed by atoms with E-state index in [0.29, 0.717) is 0 Å². The maximum atomic E-state index is 12.8. The Balaban J connectivity index is 1.28. The molecule has 0 radical (unpaired) electrons. The first-order chi connectivity index (χ1) is 18.4. The van der Waals surface area contributed by atoms with Crippen LogP contribution in [0.15, 0.2) is 54.6 Å². The van der Waals surface area contributed by atoms with Crippen LogP contribution in [-0.2, 0) is 15.1 Å². The number of carbonyl (C=O) groups excluding carboxylic acids is 2. The number of benzene rings is 2. The number of carbonyl (C=O) groups is 2. The van der Waals surface area contributed by atoms with Crippen LogP contribution in [0.4, 0.5) is 11.4 Å². The van der Waals surface area contributed by atoms with E-state index in [9.17, 15) is 9.59 Å². The van der Waals surface area contributed by atoms with Crippen LogP contribution in [0.1, 0.15) is 38.2 Å². The smallest absolute Gasteiger partial charge is 0.293 e. The number of hydrogen-bond donors (Lipinski definition) is 1. The molecule has 7 nitrogen and oxygen atoms in total. The monoisotopic (exact) mass is 517 g/mol. The molecule has 0 aromatic heterocycles. The van der Waals surface area contributed by atoms with Crippen molar-refractivity contribution in [3.63, 3.8) is 0 Å². The maximum Gasteiger partial charge on any atom is 0.293 e. The average molecular weight is 518 g/mol. The van der Waals surface area contributed by atoms with Crippen molar-refractivity contribution < 1.29 is 9.59 Å². The number of nitrogens with one attached hydrogen (secondary N) is 1. The molecular weight excluding hydrogens is 474 g/mol. The predicted octanol–water partition coefficient (Wildman–Crippen LogP) is 3.67. The van der Waals surface area contributed by atoms with E-state index in [1.807, 2.05) is 12.1 Å². The first kappa shape index (κ1) is 26.9. The molecule has 0 bridgehead atoms. The van der Waals surface area contributed by atoms with Crippen molar-refractivity contribution in [3.8, 4) is 0 Å². The van der Waals surface area contributed by atoms with Crippen LogP contribution in [0.25, 0.3) is 0 Å². The third-order valence-electron chi connectivity index (χ3n) is 8.98. The van der Waals surface area contributed by atoms with Gasteiger partial charge in [0.25, 0.3) is 5.91 Å². The van der Waals surface area contributed by atoms with Crippen molar-refractivity contribution in [3.05, 3.63) is 60.2 Å². The predicted molar refractivity (Wildman–Crippen MR) is 154 cm³/mol. The Morgan fingerprint density at radius 2 is 1.55 bits per heavy atom. The van der Waals surface area contributed by atoms with Crippen LogP contribution in [-0.4, -0.2) is 92.3 Å². The molecule has 0 atom stereocenters. The quantitative estimate of drug-likeness (QED) is 0.566. The minimum atomic E-state index is -0.510. The fourth-order valence-corrected chi connectivity index (χ4v) is 6.43. The number of rotatable bonds is 7. The van der Waals surface area contributed by atoms with Crippen molar-refractivity contribution in [1.82, 2.24) is 14.7 Å². The van der Waals surface area contributed by atoms with Gasteiger partial charge in [-0.1, -0.05) is 37.3 Å². The number of anilines is 2. The summed E-state index contributed by atoms with van der Waals surface area (Å²) < 4.78 is 0. The van der Waals surface area contributed by atoms with Gasteiger partial charge in [0.15, 0.2) is 0 Å². The Hall–Kier alpha value is -2.74. The molecule has 2 heterocycles. The highest BCUT2D eigenvalue weighted by Gasteiger charge is 2.42. The van der Waals surface area contributed by atoms with E-state index >= 15 is 0 Å². The summed E-state index contributed by atoms with van der Waals surface area (Å²) in [5.41, 5.74) is 3.26. The van der Waals surface area contributed by atoms with E-state index in [2.05, 4.69) is 81.4 Å². The van der Waals surface area contributed by atoms with Gasteiger partial charge in [-0.25, -0.2) is 0 Å². The minimum Gasteiger partial charge on any atom is -0.369 e. The second-order valence-electron chi connectivity index (χ2n) is 11.6. The third kappa shape index (κ3) is 6.11. The number of para-hydroxylation sites is 1. The molecule has 5 rings (SSSR count). The summed E-state index contributed by atoms with van der Waals surface area (Å²) in [5, 5.41) is 2.92. The number of ketones is 1. The van der Waals surface area contributed by atoms with Gasteiger partial charge in [0, 0.05) is 69.3 Å². The summed E-state index contributed by atoms with van der Waals surface area (Å²) in [6.45, 7) is 10.1. The second-order valence-corrected chi connectivity index (χ2v) is 11.6. The molecule has 0 spiro atoms. The Bertz CT molecular complexity index is 1080. The molecule has 3 aliphatic rings. The molecule has 2 saturated heterocycles. The number of Topliss-reactive ketones (excluding diaryl/α,β-unsaturated/α-hetero) is 1. The van der Waals surface area contributed by atoms with E-state index in [1.165, 1.54) is 24.1 Å². The molecular formula is C31H43N5O2. The van der Waals surface area contributed by atoms with Crippen molar-refractivity contribution in [1.29, 1.82) is 0 Å². The summed E-state index contributed by atoms with van der Waals surface area (Å²) in [4.78, 5) is 35.0. The van der Waals surface area contributed by atoms with E-state index in [0.717, 1.165) is 76.8 Å². The fourth-order valence-electron chi connectivity index (χ4n) is 6.43. The lowest BCUT2D eigenvalue weighted by Crippen LogP contribution is -2.56. The minimum absolute atomic E-state index is 0.0279.